The van der Waals surface area contributed by atoms with Crippen LogP contribution in [0.4, 0.5) is 0 Å². The standard InChI is InChI=1S/C10H6BrCl2N3O2S/c11-5-1-4(9(18)8(13)7(5)12)2-14-16-10-15-6(17)3-19-10/h1-2,18H,3H2,(H,15,16,17). The lowest BCUT2D eigenvalue weighted by molar-refractivity contribution is -0.116. The zero-order valence-electron chi connectivity index (χ0n) is 9.15. The molecule has 2 N–H and O–H groups in total. The average molecular weight is 383 g/mol. The van der Waals surface area contributed by atoms with E-state index in [9.17, 15) is 9.90 Å². The Morgan fingerprint density at radius 2 is 2.21 bits per heavy atom. The second-order valence-corrected chi connectivity index (χ2v) is 5.99. The van der Waals surface area contributed by atoms with Crippen molar-refractivity contribution in [2.45, 2.75) is 0 Å². The maximum absolute atomic E-state index is 10.9. The highest BCUT2D eigenvalue weighted by Crippen LogP contribution is 2.38. The van der Waals surface area contributed by atoms with Gasteiger partial charge in [-0.15, -0.1) is 5.10 Å². The normalized spacial score (nSPS) is 17.4. The first-order valence-corrected chi connectivity index (χ1v) is 7.42. The van der Waals surface area contributed by atoms with Gasteiger partial charge in [0.05, 0.1) is 17.0 Å². The number of phenolic OH excluding ortho intramolecular Hbond substituents is 1. The van der Waals surface area contributed by atoms with Gasteiger partial charge in [0.1, 0.15) is 10.8 Å². The molecule has 0 atom stereocenters. The van der Waals surface area contributed by atoms with Crippen molar-refractivity contribution in [1.29, 1.82) is 0 Å². The summed E-state index contributed by atoms with van der Waals surface area (Å²) in [6.45, 7) is 0. The van der Waals surface area contributed by atoms with Crippen LogP contribution in [0.3, 0.4) is 0 Å². The molecule has 0 bridgehead atoms. The maximum atomic E-state index is 10.9. The van der Waals surface area contributed by atoms with Crippen LogP contribution in [0.1, 0.15) is 5.56 Å². The molecule has 0 unspecified atom stereocenters. The molecule has 1 saturated heterocycles. The third kappa shape index (κ3) is 3.42. The van der Waals surface area contributed by atoms with Gasteiger partial charge in [-0.2, -0.15) is 5.10 Å². The molecule has 0 aliphatic carbocycles. The molecule has 0 saturated carbocycles. The molecule has 0 aromatic heterocycles. The van der Waals surface area contributed by atoms with Crippen molar-refractivity contribution in [3.63, 3.8) is 0 Å². The number of thioether (sulfide) groups is 1. The molecular formula is C10H6BrCl2N3O2S. The van der Waals surface area contributed by atoms with Crippen molar-refractivity contribution >= 4 is 68.2 Å². The van der Waals surface area contributed by atoms with E-state index in [1.54, 1.807) is 6.07 Å². The summed E-state index contributed by atoms with van der Waals surface area (Å²) < 4.78 is 0.537. The van der Waals surface area contributed by atoms with Crippen molar-refractivity contribution in [3.8, 4) is 5.75 Å². The first-order chi connectivity index (χ1) is 8.99. The van der Waals surface area contributed by atoms with E-state index >= 15 is 0 Å². The van der Waals surface area contributed by atoms with Gasteiger partial charge in [0.25, 0.3) is 0 Å². The number of carbonyl (C=O) groups excluding carboxylic acids is 1. The Hall–Kier alpha value is -0.760. The topological polar surface area (TPSA) is 74.0 Å². The Kier molecular flexibility index (Phi) is 4.72. The van der Waals surface area contributed by atoms with Crippen molar-refractivity contribution in [2.24, 2.45) is 10.2 Å². The van der Waals surface area contributed by atoms with Gasteiger partial charge in [0.2, 0.25) is 5.91 Å². The number of nitrogens with one attached hydrogen (secondary N) is 1. The zero-order valence-corrected chi connectivity index (χ0v) is 13.1. The lowest BCUT2D eigenvalue weighted by Crippen LogP contribution is -2.19. The second-order valence-electron chi connectivity index (χ2n) is 3.41. The molecule has 1 amide bonds. The molecule has 1 aliphatic rings. The summed E-state index contributed by atoms with van der Waals surface area (Å²) in [7, 11) is 0. The molecule has 0 spiro atoms. The van der Waals surface area contributed by atoms with Crippen LogP contribution in [0.5, 0.6) is 5.75 Å². The molecule has 2 rings (SSSR count). The number of nitrogens with zero attached hydrogens (tertiary/aromatic N) is 2. The molecule has 1 aliphatic heterocycles. The quantitative estimate of drug-likeness (QED) is 0.469. The van der Waals surface area contributed by atoms with Gasteiger partial charge in [-0.1, -0.05) is 35.0 Å². The van der Waals surface area contributed by atoms with Gasteiger partial charge in [-0.05, 0) is 22.0 Å². The minimum absolute atomic E-state index is 0.0358. The van der Waals surface area contributed by atoms with Gasteiger partial charge < -0.3 is 10.4 Å². The molecule has 1 aromatic rings. The SMILES string of the molecule is O=C1CSC(=NN=Cc2cc(Br)c(Cl)c(Cl)c2O)N1. The van der Waals surface area contributed by atoms with E-state index in [0.717, 1.165) is 0 Å². The summed E-state index contributed by atoms with van der Waals surface area (Å²) in [6, 6.07) is 1.56. The minimum atomic E-state index is -0.179. The van der Waals surface area contributed by atoms with Crippen LogP contribution in [0.25, 0.3) is 0 Å². The number of amides is 1. The monoisotopic (exact) mass is 381 g/mol. The number of rotatable bonds is 2. The smallest absolute Gasteiger partial charge is 0.236 e. The molecule has 0 radical (unpaired) electrons. The number of phenols is 1. The van der Waals surface area contributed by atoms with Crippen molar-refractivity contribution in [2.75, 3.05) is 5.75 Å². The van der Waals surface area contributed by atoms with Gasteiger partial charge >= 0.3 is 0 Å². The van der Waals surface area contributed by atoms with Gasteiger partial charge in [0, 0.05) is 10.0 Å². The summed E-state index contributed by atoms with van der Waals surface area (Å²) in [5, 5.41) is 20.6. The summed E-state index contributed by atoms with van der Waals surface area (Å²) in [5.41, 5.74) is 0.361. The van der Waals surface area contributed by atoms with Crippen LogP contribution in [0.15, 0.2) is 20.7 Å². The molecular weight excluding hydrogens is 377 g/mol. The van der Waals surface area contributed by atoms with E-state index in [4.69, 9.17) is 23.2 Å². The molecule has 5 nitrogen and oxygen atoms in total. The van der Waals surface area contributed by atoms with Crippen LogP contribution >= 0.6 is 50.9 Å². The molecule has 100 valence electrons. The number of hydrogen-bond acceptors (Lipinski definition) is 5. The van der Waals surface area contributed by atoms with Gasteiger partial charge in [0.15, 0.2) is 5.17 Å². The first kappa shape index (κ1) is 14.6. The number of halogens is 3. The van der Waals surface area contributed by atoms with E-state index in [-0.39, 0.29) is 21.7 Å². The van der Waals surface area contributed by atoms with E-state index in [2.05, 4.69) is 31.4 Å². The average Bonchev–Trinajstić information content (AvgIpc) is 2.79. The first-order valence-electron chi connectivity index (χ1n) is 4.89. The lowest BCUT2D eigenvalue weighted by Gasteiger charge is -2.05. The Morgan fingerprint density at radius 1 is 1.47 bits per heavy atom. The van der Waals surface area contributed by atoms with Gasteiger partial charge in [-0.25, -0.2) is 0 Å². The van der Waals surface area contributed by atoms with E-state index in [1.807, 2.05) is 0 Å². The molecule has 9 heteroatoms. The number of aromatic hydroxyl groups is 1. The Morgan fingerprint density at radius 3 is 2.84 bits per heavy atom. The maximum Gasteiger partial charge on any atom is 0.236 e. The summed E-state index contributed by atoms with van der Waals surface area (Å²) in [6.07, 6.45) is 1.32. The van der Waals surface area contributed by atoms with Crippen LogP contribution in [-0.2, 0) is 4.79 Å². The lowest BCUT2D eigenvalue weighted by atomic mass is 10.2. The predicted octanol–water partition coefficient (Wildman–Crippen LogP) is 3.01. The van der Waals surface area contributed by atoms with E-state index < -0.39 is 0 Å². The number of carbonyl (C=O) groups is 1. The Bertz CT molecular complexity index is 607. The third-order valence-corrected chi connectivity index (χ3v) is 4.67. The third-order valence-electron chi connectivity index (χ3n) is 2.10. The zero-order chi connectivity index (χ0) is 14.0. The minimum Gasteiger partial charge on any atom is -0.506 e. The highest BCUT2D eigenvalue weighted by atomic mass is 79.9. The summed E-state index contributed by atoms with van der Waals surface area (Å²) >= 11 is 16.2. The van der Waals surface area contributed by atoms with E-state index in [1.165, 1.54) is 18.0 Å². The van der Waals surface area contributed by atoms with Crippen LogP contribution in [-0.4, -0.2) is 28.1 Å². The van der Waals surface area contributed by atoms with Crippen LogP contribution in [0, 0.1) is 0 Å². The summed E-state index contributed by atoms with van der Waals surface area (Å²) in [5.74, 6) is 0.0405. The van der Waals surface area contributed by atoms with Crippen molar-refractivity contribution in [1.82, 2.24) is 5.32 Å². The fourth-order valence-corrected chi connectivity index (χ4v) is 2.77. The van der Waals surface area contributed by atoms with Crippen molar-refractivity contribution < 1.29 is 9.90 Å². The highest BCUT2D eigenvalue weighted by molar-refractivity contribution is 9.10. The molecule has 19 heavy (non-hydrogen) atoms. The van der Waals surface area contributed by atoms with Crippen LogP contribution in [0.2, 0.25) is 10.0 Å². The fourth-order valence-electron chi connectivity index (χ4n) is 1.22. The Balaban J connectivity index is 2.22. The molecule has 1 heterocycles. The fraction of sp³-hybridized carbons (Fsp3) is 0.100. The molecule has 1 aromatic carbocycles. The van der Waals surface area contributed by atoms with E-state index in [0.29, 0.717) is 21.0 Å². The molecule has 1 fully saturated rings. The van der Waals surface area contributed by atoms with Crippen LogP contribution < -0.4 is 5.32 Å². The summed E-state index contributed by atoms with van der Waals surface area (Å²) in [4.78, 5) is 10.9. The number of hydrogen-bond donors (Lipinski definition) is 2. The number of benzene rings is 1. The second kappa shape index (κ2) is 6.13. The van der Waals surface area contributed by atoms with Crippen molar-refractivity contribution in [3.05, 3.63) is 26.1 Å². The highest BCUT2D eigenvalue weighted by Gasteiger charge is 2.16. The predicted molar refractivity (Wildman–Crippen MR) is 81.5 cm³/mol. The van der Waals surface area contributed by atoms with Gasteiger partial charge in [-0.3, -0.25) is 4.79 Å². The number of amidine groups is 1. The Labute approximate surface area is 131 Å². The largest absolute Gasteiger partial charge is 0.506 e.